The first-order valence-corrected chi connectivity index (χ1v) is 16.3. The number of aliphatic hydroxyl groups excluding tert-OH is 1. The number of aromatic nitrogens is 3. The van der Waals surface area contributed by atoms with Crippen molar-refractivity contribution in [1.82, 2.24) is 19.9 Å². The van der Waals surface area contributed by atoms with Crippen molar-refractivity contribution in [1.29, 1.82) is 0 Å². The number of fused-ring (bicyclic) bond motifs is 2. The summed E-state index contributed by atoms with van der Waals surface area (Å²) in [6.45, 7) is 5.73. The van der Waals surface area contributed by atoms with Crippen LogP contribution in [0, 0.1) is 6.92 Å². The second kappa shape index (κ2) is 11.5. The number of nitrogens with one attached hydrogen (secondary N) is 1. The van der Waals surface area contributed by atoms with E-state index in [0.717, 1.165) is 102 Å². The number of benzene rings is 3. The molecule has 1 aliphatic carbocycles. The minimum atomic E-state index is -0.301. The quantitative estimate of drug-likeness (QED) is 0.202. The number of rotatable bonds is 7. The van der Waals surface area contributed by atoms with Crippen molar-refractivity contribution >= 4 is 23.0 Å². The minimum absolute atomic E-state index is 0.152. The summed E-state index contributed by atoms with van der Waals surface area (Å²) in [5.74, 6) is 0.709. The Labute approximate surface area is 263 Å². The third-order valence-corrected chi connectivity index (χ3v) is 10.1. The smallest absolute Gasteiger partial charge is 0.146 e. The molecule has 7 heteroatoms. The number of likely N-dealkylation sites (tertiary alicyclic amines) is 1. The van der Waals surface area contributed by atoms with Gasteiger partial charge in [0.15, 0.2) is 0 Å². The predicted molar refractivity (Wildman–Crippen MR) is 178 cm³/mol. The second-order valence-corrected chi connectivity index (χ2v) is 13.1. The molecule has 8 rings (SSSR count). The normalized spacial score (nSPS) is 19.2. The highest BCUT2D eigenvalue weighted by Crippen LogP contribution is 2.43. The van der Waals surface area contributed by atoms with Crippen LogP contribution in [0.4, 0.5) is 5.69 Å². The first-order valence-electron chi connectivity index (χ1n) is 16.3. The zero-order valence-electron chi connectivity index (χ0n) is 25.7. The van der Waals surface area contributed by atoms with E-state index in [1.807, 2.05) is 0 Å². The van der Waals surface area contributed by atoms with Gasteiger partial charge in [0.2, 0.25) is 0 Å². The van der Waals surface area contributed by atoms with Crippen LogP contribution in [-0.2, 0) is 17.8 Å². The molecule has 2 N–H and O–H groups in total. The van der Waals surface area contributed by atoms with Crippen LogP contribution in [0.3, 0.4) is 0 Å². The summed E-state index contributed by atoms with van der Waals surface area (Å²) in [4.78, 5) is 30.1. The number of aldehydes is 1. The zero-order valence-corrected chi connectivity index (χ0v) is 25.7. The first kappa shape index (κ1) is 28.2. The third-order valence-electron chi connectivity index (χ3n) is 10.1. The Morgan fingerprint density at radius 2 is 1.78 bits per heavy atom. The molecule has 2 aromatic heterocycles. The van der Waals surface area contributed by atoms with Gasteiger partial charge in [0.05, 0.1) is 11.8 Å². The number of hydrogen-bond donors (Lipinski definition) is 2. The van der Waals surface area contributed by atoms with Crippen molar-refractivity contribution < 1.29 is 9.90 Å². The van der Waals surface area contributed by atoms with Gasteiger partial charge in [0.25, 0.3) is 0 Å². The molecule has 3 aliphatic rings. The van der Waals surface area contributed by atoms with Gasteiger partial charge in [-0.05, 0) is 90.5 Å². The molecule has 2 fully saturated rings. The van der Waals surface area contributed by atoms with Gasteiger partial charge in [0.1, 0.15) is 24.3 Å². The molecule has 0 amide bonds. The molecule has 1 saturated carbocycles. The summed E-state index contributed by atoms with van der Waals surface area (Å²) >= 11 is 0. The maximum absolute atomic E-state index is 12.6. The summed E-state index contributed by atoms with van der Waals surface area (Å²) in [7, 11) is 0. The van der Waals surface area contributed by atoms with Gasteiger partial charge in [-0.15, -0.1) is 0 Å². The molecule has 0 spiro atoms. The van der Waals surface area contributed by atoms with E-state index in [1.54, 1.807) is 6.33 Å². The molecule has 4 heterocycles. The lowest BCUT2D eigenvalue weighted by molar-refractivity contribution is -0.109. The highest BCUT2D eigenvalue weighted by Gasteiger charge is 2.31. The van der Waals surface area contributed by atoms with Gasteiger partial charge in [-0.3, -0.25) is 4.90 Å². The van der Waals surface area contributed by atoms with E-state index >= 15 is 0 Å². The number of carbonyl (C=O) groups is 1. The fraction of sp³-hybridized carbons (Fsp3) is 0.342. The van der Waals surface area contributed by atoms with Crippen molar-refractivity contribution in [2.75, 3.05) is 24.5 Å². The fourth-order valence-corrected chi connectivity index (χ4v) is 7.39. The molecule has 228 valence electrons. The largest absolute Gasteiger partial charge is 0.393 e. The summed E-state index contributed by atoms with van der Waals surface area (Å²) in [5, 5.41) is 10.8. The Bertz CT molecular complexity index is 1870. The number of hydrogen-bond acceptors (Lipinski definition) is 6. The average Bonchev–Trinajstić information content (AvgIpc) is 3.83. The average molecular weight is 598 g/mol. The Balaban J connectivity index is 1.08. The van der Waals surface area contributed by atoms with E-state index in [0.29, 0.717) is 5.92 Å². The maximum Gasteiger partial charge on any atom is 0.146 e. The number of nitrogens with zero attached hydrogens (tertiary/aromatic N) is 4. The molecule has 1 saturated heterocycles. The summed E-state index contributed by atoms with van der Waals surface area (Å²) < 4.78 is 0. The van der Waals surface area contributed by atoms with E-state index in [-0.39, 0.29) is 12.1 Å². The van der Waals surface area contributed by atoms with Crippen LogP contribution in [-0.4, -0.2) is 57.0 Å². The highest BCUT2D eigenvalue weighted by atomic mass is 16.3. The Kier molecular flexibility index (Phi) is 7.23. The topological polar surface area (TPSA) is 85.3 Å². The van der Waals surface area contributed by atoms with Crippen LogP contribution in [0.5, 0.6) is 0 Å². The van der Waals surface area contributed by atoms with Crippen LogP contribution < -0.4 is 4.90 Å². The lowest BCUT2D eigenvalue weighted by Crippen LogP contribution is -2.37. The molecule has 45 heavy (non-hydrogen) atoms. The number of H-pyrrole nitrogens is 1. The first-order chi connectivity index (χ1) is 22.1. The van der Waals surface area contributed by atoms with Crippen LogP contribution in [0.25, 0.3) is 33.5 Å². The minimum Gasteiger partial charge on any atom is -0.393 e. The summed E-state index contributed by atoms with van der Waals surface area (Å²) in [5.41, 5.74) is 12.2. The van der Waals surface area contributed by atoms with Gasteiger partial charge >= 0.3 is 0 Å². The zero-order chi connectivity index (χ0) is 30.5. The Hall–Kier alpha value is -4.33. The molecular formula is C38H39N5O2. The van der Waals surface area contributed by atoms with E-state index in [1.165, 1.54) is 29.5 Å². The molecule has 1 atom stereocenters. The molecule has 2 aliphatic heterocycles. The molecule has 5 aromatic rings. The van der Waals surface area contributed by atoms with Crippen molar-refractivity contribution in [3.63, 3.8) is 0 Å². The number of aromatic amines is 1. The highest BCUT2D eigenvalue weighted by molar-refractivity contribution is 5.95. The number of aliphatic hydroxyl groups is 1. The molecule has 0 radical (unpaired) electrons. The van der Waals surface area contributed by atoms with Crippen LogP contribution >= 0.6 is 0 Å². The van der Waals surface area contributed by atoms with E-state index < -0.39 is 0 Å². The van der Waals surface area contributed by atoms with E-state index in [2.05, 4.69) is 93.4 Å². The molecule has 7 nitrogen and oxygen atoms in total. The maximum atomic E-state index is 12.6. The molecule has 3 aromatic carbocycles. The Morgan fingerprint density at radius 3 is 2.56 bits per heavy atom. The van der Waals surface area contributed by atoms with Crippen LogP contribution in [0.15, 0.2) is 73.1 Å². The monoisotopic (exact) mass is 597 g/mol. The van der Waals surface area contributed by atoms with Gasteiger partial charge in [-0.25, -0.2) is 9.97 Å². The van der Waals surface area contributed by atoms with Crippen molar-refractivity contribution in [2.24, 2.45) is 0 Å². The fourth-order valence-electron chi connectivity index (χ4n) is 7.39. The number of carbonyl (C=O) groups excluding carboxylic acids is 1. The predicted octanol–water partition coefficient (Wildman–Crippen LogP) is 6.74. The number of piperidine rings is 1. The van der Waals surface area contributed by atoms with Gasteiger partial charge in [-0.2, -0.15) is 0 Å². The van der Waals surface area contributed by atoms with Crippen molar-refractivity contribution in [3.8, 4) is 22.5 Å². The molecule has 0 bridgehead atoms. The molecular weight excluding hydrogens is 558 g/mol. The van der Waals surface area contributed by atoms with Crippen molar-refractivity contribution in [3.05, 3.63) is 101 Å². The lowest BCUT2D eigenvalue weighted by Gasteiger charge is -2.37. The standard InChI is InChI=1S/C38H39N5O2/c1-24-31(3-2-4-35(24)43-18-13-29-19-28(26-9-10-26)11-12-32(29)36(43)22-44)37-33-20-34(41-38(33)40-23-39-37)27-7-5-25(6-8-27)21-42-16-14-30(45)15-17-42/h2-8,11-12,19-20,22-23,26,30,36,45H,9-10,13-18,21H2,1H3,(H,39,40,41). The summed E-state index contributed by atoms with van der Waals surface area (Å²) in [6, 6.07) is 23.7. The summed E-state index contributed by atoms with van der Waals surface area (Å²) in [6.07, 6.45) is 7.78. The SMILES string of the molecule is Cc1c(-c2ncnc3[nH]c(-c4ccc(CN5CCC(O)CC5)cc4)cc23)cccc1N1CCc2cc(C3CC3)ccc2C1C=O. The van der Waals surface area contributed by atoms with Gasteiger partial charge in [-0.1, -0.05) is 54.6 Å². The second-order valence-electron chi connectivity index (χ2n) is 13.1. The Morgan fingerprint density at radius 1 is 0.956 bits per heavy atom. The van der Waals surface area contributed by atoms with Gasteiger partial charge in [0, 0.05) is 48.5 Å². The van der Waals surface area contributed by atoms with E-state index in [9.17, 15) is 9.90 Å². The molecule has 1 unspecified atom stereocenters. The van der Waals surface area contributed by atoms with Gasteiger partial charge < -0.3 is 19.8 Å². The van der Waals surface area contributed by atoms with Crippen LogP contribution in [0.2, 0.25) is 0 Å². The number of anilines is 1. The van der Waals surface area contributed by atoms with E-state index in [4.69, 9.17) is 4.98 Å². The van der Waals surface area contributed by atoms with Crippen LogP contribution in [0.1, 0.15) is 65.5 Å². The third kappa shape index (κ3) is 5.34. The van der Waals surface area contributed by atoms with Crippen molar-refractivity contribution in [2.45, 2.75) is 63.6 Å². The lowest BCUT2D eigenvalue weighted by atomic mass is 9.89.